The first-order chi connectivity index (χ1) is 14.9. The number of hydrogen-bond donors (Lipinski definition) is 2. The number of aromatic amines is 1. The van der Waals surface area contributed by atoms with Crippen LogP contribution in [-0.4, -0.2) is 59.0 Å². The Morgan fingerprint density at radius 2 is 2.03 bits per heavy atom. The van der Waals surface area contributed by atoms with Crippen LogP contribution < -0.4 is 15.8 Å². The highest BCUT2D eigenvalue weighted by atomic mass is 35.5. The number of rotatable bonds is 4. The number of carbonyl (C=O) groups excluding carboxylic acids is 1. The van der Waals surface area contributed by atoms with E-state index < -0.39 is 11.4 Å². The van der Waals surface area contributed by atoms with Crippen molar-refractivity contribution in [2.45, 2.75) is 13.5 Å². The lowest BCUT2D eigenvalue weighted by Crippen LogP contribution is -2.46. The van der Waals surface area contributed by atoms with Crippen LogP contribution in [0.1, 0.15) is 21.7 Å². The van der Waals surface area contributed by atoms with Gasteiger partial charge in [0.05, 0.1) is 16.9 Å². The molecule has 0 spiro atoms. The van der Waals surface area contributed by atoms with Gasteiger partial charge in [-0.3, -0.25) is 14.5 Å². The number of piperazine rings is 1. The SMILES string of the molecule is CNC(=O)c1ccc(N2CCN(Cc3cc(Cl)c4nc(C)c(=O)[nH]c4c3F)CC2)cn1. The molecule has 10 heteroatoms. The fraction of sp³-hybridized carbons (Fsp3) is 0.333. The molecule has 0 unspecified atom stereocenters. The highest BCUT2D eigenvalue weighted by molar-refractivity contribution is 6.35. The van der Waals surface area contributed by atoms with Crippen LogP contribution in [-0.2, 0) is 6.54 Å². The van der Waals surface area contributed by atoms with Gasteiger partial charge in [0, 0.05) is 45.3 Å². The minimum atomic E-state index is -0.500. The summed E-state index contributed by atoms with van der Waals surface area (Å²) in [5.41, 5.74) is 1.85. The lowest BCUT2D eigenvalue weighted by atomic mass is 10.1. The highest BCUT2D eigenvalue weighted by Gasteiger charge is 2.21. The Labute approximate surface area is 183 Å². The summed E-state index contributed by atoms with van der Waals surface area (Å²) >= 11 is 6.31. The number of fused-ring (bicyclic) bond motifs is 1. The highest BCUT2D eigenvalue weighted by Crippen LogP contribution is 2.27. The van der Waals surface area contributed by atoms with Crippen molar-refractivity contribution >= 4 is 34.2 Å². The molecule has 1 aromatic carbocycles. The number of nitrogens with one attached hydrogen (secondary N) is 2. The molecule has 4 rings (SSSR count). The maximum absolute atomic E-state index is 15.0. The number of aryl methyl sites for hydroxylation is 1. The molecule has 31 heavy (non-hydrogen) atoms. The molecule has 0 saturated carbocycles. The van der Waals surface area contributed by atoms with E-state index in [2.05, 4.69) is 30.1 Å². The number of anilines is 1. The average molecular weight is 445 g/mol. The van der Waals surface area contributed by atoms with Gasteiger partial charge in [0.1, 0.15) is 22.4 Å². The molecule has 2 aromatic heterocycles. The second-order valence-corrected chi connectivity index (χ2v) is 7.86. The molecule has 3 heterocycles. The molecule has 1 amide bonds. The van der Waals surface area contributed by atoms with Gasteiger partial charge in [-0.2, -0.15) is 0 Å². The third kappa shape index (κ3) is 4.24. The average Bonchev–Trinajstić information content (AvgIpc) is 2.78. The molecular formula is C21H22ClFN6O2. The maximum Gasteiger partial charge on any atom is 0.269 e. The Hall–Kier alpha value is -3.04. The van der Waals surface area contributed by atoms with Crippen LogP contribution in [0, 0.1) is 12.7 Å². The van der Waals surface area contributed by atoms with Gasteiger partial charge >= 0.3 is 0 Å². The van der Waals surface area contributed by atoms with E-state index in [1.54, 1.807) is 32.3 Å². The van der Waals surface area contributed by atoms with Gasteiger partial charge in [0.15, 0.2) is 5.82 Å². The molecule has 8 nitrogen and oxygen atoms in total. The van der Waals surface area contributed by atoms with Crippen molar-refractivity contribution in [1.82, 2.24) is 25.2 Å². The normalized spacial score (nSPS) is 14.8. The van der Waals surface area contributed by atoms with Crippen molar-refractivity contribution in [3.63, 3.8) is 0 Å². The number of hydrogen-bond acceptors (Lipinski definition) is 6. The van der Waals surface area contributed by atoms with E-state index >= 15 is 4.39 Å². The maximum atomic E-state index is 15.0. The van der Waals surface area contributed by atoms with E-state index in [0.717, 1.165) is 31.9 Å². The summed E-state index contributed by atoms with van der Waals surface area (Å²) in [4.78, 5) is 38.7. The Bertz CT molecular complexity index is 1190. The van der Waals surface area contributed by atoms with Gasteiger partial charge in [-0.25, -0.2) is 14.4 Å². The van der Waals surface area contributed by atoms with Crippen LogP contribution in [0.4, 0.5) is 10.1 Å². The molecule has 162 valence electrons. The molecule has 1 aliphatic heterocycles. The lowest BCUT2D eigenvalue weighted by molar-refractivity contribution is 0.0958. The van der Waals surface area contributed by atoms with Gasteiger partial charge in [-0.15, -0.1) is 0 Å². The first-order valence-electron chi connectivity index (χ1n) is 9.90. The Kier molecular flexibility index (Phi) is 5.88. The summed E-state index contributed by atoms with van der Waals surface area (Å²) in [7, 11) is 1.57. The van der Waals surface area contributed by atoms with E-state index in [9.17, 15) is 9.59 Å². The lowest BCUT2D eigenvalue weighted by Gasteiger charge is -2.36. The quantitative estimate of drug-likeness (QED) is 0.640. The standard InChI is InChI=1S/C21H22ClFN6O2/c1-12-20(30)27-19-17(23)13(9-15(22)18(19)26-12)11-28-5-7-29(8-6-28)14-3-4-16(25-10-14)21(31)24-2/h3-4,9-10H,5-8,11H2,1-2H3,(H,24,31)(H,27,30). The Balaban J connectivity index is 1.46. The van der Waals surface area contributed by atoms with Gasteiger partial charge in [-0.1, -0.05) is 11.6 Å². The zero-order valence-electron chi connectivity index (χ0n) is 17.2. The number of pyridine rings is 1. The van der Waals surface area contributed by atoms with Crippen LogP contribution in [0.25, 0.3) is 11.0 Å². The second kappa shape index (κ2) is 8.60. The first kappa shape index (κ1) is 21.2. The zero-order chi connectivity index (χ0) is 22.1. The molecule has 3 aromatic rings. The van der Waals surface area contributed by atoms with Gasteiger partial charge in [-0.05, 0) is 25.1 Å². The number of halogens is 2. The van der Waals surface area contributed by atoms with Crippen LogP contribution in [0.3, 0.4) is 0 Å². The van der Waals surface area contributed by atoms with E-state index in [0.29, 0.717) is 22.8 Å². The summed E-state index contributed by atoms with van der Waals surface area (Å²) in [5.74, 6) is -0.723. The molecule has 0 atom stereocenters. The van der Waals surface area contributed by atoms with Crippen LogP contribution >= 0.6 is 11.6 Å². The van der Waals surface area contributed by atoms with Crippen molar-refractivity contribution in [3.8, 4) is 0 Å². The Morgan fingerprint density at radius 1 is 1.29 bits per heavy atom. The molecule has 2 N–H and O–H groups in total. The third-order valence-corrected chi connectivity index (χ3v) is 5.74. The van der Waals surface area contributed by atoms with E-state index in [1.807, 2.05) is 6.07 Å². The number of H-pyrrole nitrogens is 1. The van der Waals surface area contributed by atoms with Crippen molar-refractivity contribution < 1.29 is 9.18 Å². The van der Waals surface area contributed by atoms with Gasteiger partial charge in [0.2, 0.25) is 0 Å². The fourth-order valence-corrected chi connectivity index (χ4v) is 3.94. The molecular weight excluding hydrogens is 423 g/mol. The summed E-state index contributed by atoms with van der Waals surface area (Å²) in [6, 6.07) is 5.16. The van der Waals surface area contributed by atoms with Crippen LogP contribution in [0.2, 0.25) is 5.02 Å². The first-order valence-corrected chi connectivity index (χ1v) is 10.3. The van der Waals surface area contributed by atoms with Gasteiger partial charge in [0.25, 0.3) is 11.5 Å². The minimum absolute atomic E-state index is 0.0408. The summed E-state index contributed by atoms with van der Waals surface area (Å²) in [6.07, 6.45) is 1.69. The van der Waals surface area contributed by atoms with Crippen molar-refractivity contribution in [3.05, 3.63) is 62.5 Å². The number of amides is 1. The minimum Gasteiger partial charge on any atom is -0.368 e. The zero-order valence-corrected chi connectivity index (χ0v) is 18.0. The molecule has 1 saturated heterocycles. The van der Waals surface area contributed by atoms with Crippen LogP contribution in [0.15, 0.2) is 29.2 Å². The molecule has 0 bridgehead atoms. The summed E-state index contributed by atoms with van der Waals surface area (Å²) in [5, 5.41) is 2.86. The predicted octanol–water partition coefficient (Wildman–Crippen LogP) is 2.10. The molecule has 0 aliphatic carbocycles. The second-order valence-electron chi connectivity index (χ2n) is 7.45. The van der Waals surface area contributed by atoms with Crippen molar-refractivity contribution in [2.75, 3.05) is 38.1 Å². The van der Waals surface area contributed by atoms with E-state index in [-0.39, 0.29) is 22.6 Å². The molecule has 1 aliphatic rings. The monoisotopic (exact) mass is 444 g/mol. The summed E-state index contributed by atoms with van der Waals surface area (Å²) < 4.78 is 15.0. The number of nitrogens with zero attached hydrogens (tertiary/aromatic N) is 4. The smallest absolute Gasteiger partial charge is 0.269 e. The van der Waals surface area contributed by atoms with E-state index in [4.69, 9.17) is 11.6 Å². The predicted molar refractivity (Wildman–Crippen MR) is 117 cm³/mol. The van der Waals surface area contributed by atoms with Crippen molar-refractivity contribution in [1.29, 1.82) is 0 Å². The number of carbonyl (C=O) groups is 1. The third-order valence-electron chi connectivity index (χ3n) is 5.45. The topological polar surface area (TPSA) is 94.2 Å². The molecule has 0 radical (unpaired) electrons. The van der Waals surface area contributed by atoms with Crippen molar-refractivity contribution in [2.24, 2.45) is 0 Å². The molecule has 1 fully saturated rings. The summed E-state index contributed by atoms with van der Waals surface area (Å²) in [6.45, 7) is 4.84. The number of benzene rings is 1. The van der Waals surface area contributed by atoms with E-state index in [1.165, 1.54) is 0 Å². The number of aromatic nitrogens is 3. The largest absolute Gasteiger partial charge is 0.368 e. The van der Waals surface area contributed by atoms with Crippen LogP contribution in [0.5, 0.6) is 0 Å². The fourth-order valence-electron chi connectivity index (χ4n) is 3.67. The Morgan fingerprint density at radius 3 is 2.68 bits per heavy atom. The van der Waals surface area contributed by atoms with Gasteiger partial charge < -0.3 is 15.2 Å².